The predicted octanol–water partition coefficient (Wildman–Crippen LogP) is 2.48. The number of rotatable bonds is 5. The van der Waals surface area contributed by atoms with Gasteiger partial charge in [-0.15, -0.1) is 0 Å². The van der Waals surface area contributed by atoms with Crippen LogP contribution < -0.4 is 5.32 Å². The van der Waals surface area contributed by atoms with E-state index in [1.54, 1.807) is 28.9 Å². The molecule has 7 heteroatoms. The van der Waals surface area contributed by atoms with Crippen molar-refractivity contribution >= 4 is 5.65 Å². The van der Waals surface area contributed by atoms with Gasteiger partial charge in [-0.3, -0.25) is 0 Å². The van der Waals surface area contributed by atoms with Gasteiger partial charge in [0.15, 0.2) is 0 Å². The van der Waals surface area contributed by atoms with Crippen molar-refractivity contribution in [2.45, 2.75) is 19.1 Å². The fourth-order valence-electron chi connectivity index (χ4n) is 2.68. The Bertz CT molecular complexity index is 959. The van der Waals surface area contributed by atoms with Gasteiger partial charge in [-0.25, -0.2) is 13.8 Å². The molecule has 128 valence electrons. The molecule has 1 unspecified atom stereocenters. The molecule has 0 radical (unpaired) electrons. The zero-order valence-electron chi connectivity index (χ0n) is 13.5. The number of nitrogens with one attached hydrogen (secondary N) is 1. The number of hydrogen-bond donors (Lipinski definition) is 2. The van der Waals surface area contributed by atoms with E-state index in [9.17, 15) is 13.9 Å². The van der Waals surface area contributed by atoms with Crippen molar-refractivity contribution in [3.05, 3.63) is 71.2 Å². The minimum Gasteiger partial charge on any atom is -0.384 e. The van der Waals surface area contributed by atoms with E-state index in [1.807, 2.05) is 0 Å². The lowest BCUT2D eigenvalue weighted by molar-refractivity contribution is 0.0527. The fraction of sp³-hybridized carbons (Fsp3) is 0.222. The van der Waals surface area contributed by atoms with Crippen LogP contribution in [0.5, 0.6) is 0 Å². The standard InChI is InChI=1S/C18H16F2N4O/c1-18(25,15-4-3-13(19)6-16(15)20)11-22-8-14-9-23-17-5-2-12(7-21)10-24(14)17/h2-6,9-10,22,25H,8,11H2,1H3. The molecule has 0 spiro atoms. The van der Waals surface area contributed by atoms with Gasteiger partial charge in [-0.05, 0) is 25.1 Å². The number of aromatic nitrogens is 2. The molecule has 3 rings (SSSR count). The van der Waals surface area contributed by atoms with Gasteiger partial charge in [-0.2, -0.15) is 5.26 Å². The highest BCUT2D eigenvalue weighted by Crippen LogP contribution is 2.23. The summed E-state index contributed by atoms with van der Waals surface area (Å²) in [5.74, 6) is -1.48. The zero-order valence-corrected chi connectivity index (χ0v) is 13.5. The molecule has 0 saturated carbocycles. The fourth-order valence-corrected chi connectivity index (χ4v) is 2.68. The molecule has 0 aliphatic heterocycles. The zero-order chi connectivity index (χ0) is 18.0. The van der Waals surface area contributed by atoms with Gasteiger partial charge in [0, 0.05) is 30.9 Å². The Morgan fingerprint density at radius 1 is 1.32 bits per heavy atom. The van der Waals surface area contributed by atoms with Crippen LogP contribution in [-0.4, -0.2) is 21.0 Å². The maximum atomic E-state index is 13.9. The molecule has 1 aromatic carbocycles. The van der Waals surface area contributed by atoms with Crippen LogP contribution in [0.3, 0.4) is 0 Å². The van der Waals surface area contributed by atoms with E-state index in [4.69, 9.17) is 5.26 Å². The molecule has 5 nitrogen and oxygen atoms in total. The molecule has 3 aromatic rings. The largest absolute Gasteiger partial charge is 0.384 e. The third-order valence-corrected chi connectivity index (χ3v) is 4.00. The Morgan fingerprint density at radius 3 is 2.84 bits per heavy atom. The van der Waals surface area contributed by atoms with Crippen molar-refractivity contribution in [3.8, 4) is 6.07 Å². The van der Waals surface area contributed by atoms with Gasteiger partial charge < -0.3 is 14.8 Å². The Kier molecular flexibility index (Phi) is 4.49. The Labute approximate surface area is 143 Å². The average Bonchev–Trinajstić information content (AvgIpc) is 2.96. The molecule has 0 amide bonds. The highest BCUT2D eigenvalue weighted by atomic mass is 19.1. The molecular formula is C18H16F2N4O. The normalized spacial score (nSPS) is 13.6. The highest BCUT2D eigenvalue weighted by Gasteiger charge is 2.26. The number of nitriles is 1. The second-order valence-corrected chi connectivity index (χ2v) is 6.01. The first-order valence-corrected chi connectivity index (χ1v) is 7.65. The molecule has 2 N–H and O–H groups in total. The van der Waals surface area contributed by atoms with E-state index in [-0.39, 0.29) is 12.1 Å². The van der Waals surface area contributed by atoms with Crippen LogP contribution in [0.1, 0.15) is 23.7 Å². The van der Waals surface area contributed by atoms with Crippen molar-refractivity contribution < 1.29 is 13.9 Å². The summed E-state index contributed by atoms with van der Waals surface area (Å²) in [5.41, 5.74) is 0.517. The van der Waals surface area contributed by atoms with E-state index in [1.165, 1.54) is 13.0 Å². The van der Waals surface area contributed by atoms with Crippen LogP contribution in [0.2, 0.25) is 0 Å². The number of imidazole rings is 1. The van der Waals surface area contributed by atoms with Crippen molar-refractivity contribution in [1.82, 2.24) is 14.7 Å². The third-order valence-electron chi connectivity index (χ3n) is 4.00. The summed E-state index contributed by atoms with van der Waals surface area (Å²) in [4.78, 5) is 4.24. The second kappa shape index (κ2) is 6.59. The first kappa shape index (κ1) is 17.0. The van der Waals surface area contributed by atoms with Crippen LogP contribution in [0, 0.1) is 23.0 Å². The molecular weight excluding hydrogens is 326 g/mol. The Hall–Kier alpha value is -2.82. The summed E-state index contributed by atoms with van der Waals surface area (Å²) in [6, 6.07) is 8.59. The van der Waals surface area contributed by atoms with Crippen LogP contribution >= 0.6 is 0 Å². The Balaban J connectivity index is 1.73. The lowest BCUT2D eigenvalue weighted by Crippen LogP contribution is -2.36. The number of nitrogens with zero attached hydrogens (tertiary/aromatic N) is 3. The molecule has 0 fully saturated rings. The van der Waals surface area contributed by atoms with Gasteiger partial charge in [0.1, 0.15) is 29.0 Å². The molecule has 0 aliphatic carbocycles. The summed E-state index contributed by atoms with van der Waals surface area (Å²) in [6.07, 6.45) is 3.34. The number of fused-ring (bicyclic) bond motifs is 1. The predicted molar refractivity (Wildman–Crippen MR) is 87.5 cm³/mol. The van der Waals surface area contributed by atoms with Crippen molar-refractivity contribution in [2.24, 2.45) is 0 Å². The minimum atomic E-state index is -1.50. The van der Waals surface area contributed by atoms with Gasteiger partial charge in [-0.1, -0.05) is 6.07 Å². The van der Waals surface area contributed by atoms with Crippen molar-refractivity contribution in [2.75, 3.05) is 6.54 Å². The van der Waals surface area contributed by atoms with E-state index < -0.39 is 17.2 Å². The monoisotopic (exact) mass is 342 g/mol. The average molecular weight is 342 g/mol. The minimum absolute atomic E-state index is 0.0197. The van der Waals surface area contributed by atoms with Crippen LogP contribution in [0.25, 0.3) is 5.65 Å². The van der Waals surface area contributed by atoms with Gasteiger partial charge in [0.2, 0.25) is 0 Å². The highest BCUT2D eigenvalue weighted by molar-refractivity contribution is 5.44. The molecule has 0 saturated heterocycles. The Morgan fingerprint density at radius 2 is 2.12 bits per heavy atom. The molecule has 2 aromatic heterocycles. The maximum Gasteiger partial charge on any atom is 0.137 e. The van der Waals surface area contributed by atoms with Crippen LogP contribution in [-0.2, 0) is 12.1 Å². The number of benzene rings is 1. The van der Waals surface area contributed by atoms with Crippen molar-refractivity contribution in [1.29, 1.82) is 5.26 Å². The quantitative estimate of drug-likeness (QED) is 0.747. The summed E-state index contributed by atoms with van der Waals surface area (Å²) >= 11 is 0. The van der Waals surface area contributed by atoms with E-state index >= 15 is 0 Å². The summed E-state index contributed by atoms with van der Waals surface area (Å²) in [5, 5.41) is 22.5. The molecule has 0 bridgehead atoms. The second-order valence-electron chi connectivity index (χ2n) is 6.01. The third kappa shape index (κ3) is 3.50. The van der Waals surface area contributed by atoms with Gasteiger partial charge >= 0.3 is 0 Å². The van der Waals surface area contributed by atoms with E-state index in [0.717, 1.165) is 17.8 Å². The molecule has 1 atom stereocenters. The number of aliphatic hydroxyl groups is 1. The van der Waals surface area contributed by atoms with E-state index in [2.05, 4.69) is 16.4 Å². The molecule has 2 heterocycles. The first-order chi connectivity index (χ1) is 11.9. The lowest BCUT2D eigenvalue weighted by Gasteiger charge is -2.24. The van der Waals surface area contributed by atoms with Crippen LogP contribution in [0.4, 0.5) is 8.78 Å². The van der Waals surface area contributed by atoms with Gasteiger partial charge in [0.05, 0.1) is 17.5 Å². The topological polar surface area (TPSA) is 73.3 Å². The number of pyridine rings is 1. The molecule has 25 heavy (non-hydrogen) atoms. The summed E-state index contributed by atoms with van der Waals surface area (Å²) in [6.45, 7) is 1.87. The SMILES string of the molecule is CC(O)(CNCc1cnc2ccc(C#N)cn12)c1ccc(F)cc1F. The number of hydrogen-bond acceptors (Lipinski definition) is 4. The lowest BCUT2D eigenvalue weighted by atomic mass is 9.95. The smallest absolute Gasteiger partial charge is 0.137 e. The summed E-state index contributed by atoms with van der Waals surface area (Å²) in [7, 11) is 0. The first-order valence-electron chi connectivity index (χ1n) is 7.65. The molecule has 0 aliphatic rings. The van der Waals surface area contributed by atoms with Gasteiger partial charge in [0.25, 0.3) is 0 Å². The van der Waals surface area contributed by atoms with Crippen molar-refractivity contribution in [3.63, 3.8) is 0 Å². The van der Waals surface area contributed by atoms with Crippen LogP contribution in [0.15, 0.2) is 42.7 Å². The summed E-state index contributed by atoms with van der Waals surface area (Å²) < 4.78 is 28.7. The number of halogens is 2. The van der Waals surface area contributed by atoms with E-state index in [0.29, 0.717) is 17.8 Å². The maximum absolute atomic E-state index is 13.9.